The summed E-state index contributed by atoms with van der Waals surface area (Å²) in [4.78, 5) is 27.1. The van der Waals surface area contributed by atoms with E-state index < -0.39 is 27.8 Å². The zero-order valence-corrected chi connectivity index (χ0v) is 21.7. The molecule has 0 saturated heterocycles. The summed E-state index contributed by atoms with van der Waals surface area (Å²) in [5.74, 6) is -1.01. The molecule has 2 amide bonds. The molecule has 202 valence electrons. The standard InChI is InChI=1S/C27H30FN3O6S/c1-20(27(34)29-16-5-17-32)31(18-21-6-3-2-4-7-21)26(33)19-37-24-12-14-25(15-13-24)38(35,36)30-23-10-8-22(28)9-11-23/h2-4,6-15,20,30,32H,5,16-19H2,1H3,(H,29,34). The third-order valence-corrected chi connectivity index (χ3v) is 6.99. The molecule has 1 atom stereocenters. The third kappa shape index (κ3) is 8.29. The number of nitrogens with one attached hydrogen (secondary N) is 2. The van der Waals surface area contributed by atoms with Gasteiger partial charge in [0.2, 0.25) is 5.91 Å². The first-order chi connectivity index (χ1) is 18.2. The summed E-state index contributed by atoms with van der Waals surface area (Å²) in [6.07, 6.45) is 0.402. The van der Waals surface area contributed by atoms with Crippen LogP contribution < -0.4 is 14.8 Å². The number of hydrogen-bond donors (Lipinski definition) is 3. The molecule has 3 aromatic carbocycles. The normalized spacial score (nSPS) is 11.9. The average Bonchev–Trinajstić information content (AvgIpc) is 2.92. The molecule has 3 N–H and O–H groups in total. The Morgan fingerprint density at radius 2 is 1.66 bits per heavy atom. The van der Waals surface area contributed by atoms with Gasteiger partial charge in [0, 0.05) is 25.4 Å². The Labute approximate surface area is 221 Å². The highest BCUT2D eigenvalue weighted by molar-refractivity contribution is 7.92. The van der Waals surface area contributed by atoms with E-state index in [4.69, 9.17) is 9.84 Å². The van der Waals surface area contributed by atoms with Crippen LogP contribution in [-0.4, -0.2) is 56.0 Å². The predicted octanol–water partition coefficient (Wildman–Crippen LogP) is 2.92. The third-order valence-electron chi connectivity index (χ3n) is 5.59. The molecule has 0 saturated carbocycles. The van der Waals surface area contributed by atoms with Gasteiger partial charge in [0.1, 0.15) is 17.6 Å². The van der Waals surface area contributed by atoms with Crippen LogP contribution in [0, 0.1) is 5.82 Å². The lowest BCUT2D eigenvalue weighted by Gasteiger charge is -2.28. The van der Waals surface area contributed by atoms with Crippen LogP contribution in [0.4, 0.5) is 10.1 Å². The number of aliphatic hydroxyl groups excluding tert-OH is 1. The van der Waals surface area contributed by atoms with Gasteiger partial charge in [-0.15, -0.1) is 0 Å². The lowest BCUT2D eigenvalue weighted by molar-refractivity contribution is -0.142. The maximum atomic E-state index is 13.1. The van der Waals surface area contributed by atoms with Crippen LogP contribution in [0.3, 0.4) is 0 Å². The first-order valence-electron chi connectivity index (χ1n) is 11.9. The summed E-state index contributed by atoms with van der Waals surface area (Å²) in [5.41, 5.74) is 1.05. The molecule has 3 aromatic rings. The van der Waals surface area contributed by atoms with Gasteiger partial charge in [-0.1, -0.05) is 30.3 Å². The summed E-state index contributed by atoms with van der Waals surface area (Å²) in [6, 6.07) is 18.8. The SMILES string of the molecule is CC(C(=O)NCCCO)N(Cc1ccccc1)C(=O)COc1ccc(S(=O)(=O)Nc2ccc(F)cc2)cc1. The fourth-order valence-corrected chi connectivity index (χ4v) is 4.53. The number of halogens is 1. The van der Waals surface area contributed by atoms with Gasteiger partial charge in [0.15, 0.2) is 6.61 Å². The zero-order chi connectivity index (χ0) is 27.5. The lowest BCUT2D eigenvalue weighted by Crippen LogP contribution is -2.49. The number of carbonyl (C=O) groups excluding carboxylic acids is 2. The molecule has 1 unspecified atom stereocenters. The Hall–Kier alpha value is -3.96. The zero-order valence-electron chi connectivity index (χ0n) is 20.8. The molecule has 0 heterocycles. The Kier molecular flexibility index (Phi) is 10.2. The number of anilines is 1. The first kappa shape index (κ1) is 28.6. The van der Waals surface area contributed by atoms with Gasteiger partial charge in [-0.3, -0.25) is 14.3 Å². The summed E-state index contributed by atoms with van der Waals surface area (Å²) in [6.45, 7) is 1.65. The summed E-state index contributed by atoms with van der Waals surface area (Å²) < 4.78 is 46.2. The second kappa shape index (κ2) is 13.5. The summed E-state index contributed by atoms with van der Waals surface area (Å²) >= 11 is 0. The minimum absolute atomic E-state index is 0.0422. The van der Waals surface area contributed by atoms with Crippen LogP contribution in [0.1, 0.15) is 18.9 Å². The number of aliphatic hydroxyl groups is 1. The largest absolute Gasteiger partial charge is 0.484 e. The molecule has 0 bridgehead atoms. The van der Waals surface area contributed by atoms with E-state index in [1.165, 1.54) is 41.3 Å². The van der Waals surface area contributed by atoms with Crippen LogP contribution >= 0.6 is 0 Å². The fraction of sp³-hybridized carbons (Fsp3) is 0.259. The van der Waals surface area contributed by atoms with Crippen LogP contribution in [0.2, 0.25) is 0 Å². The van der Waals surface area contributed by atoms with Crippen molar-refractivity contribution in [1.29, 1.82) is 0 Å². The topological polar surface area (TPSA) is 125 Å². The Morgan fingerprint density at radius 1 is 1.00 bits per heavy atom. The van der Waals surface area contributed by atoms with E-state index in [-0.39, 0.29) is 48.5 Å². The molecule has 0 aliphatic carbocycles. The second-order valence-electron chi connectivity index (χ2n) is 8.42. The van der Waals surface area contributed by atoms with E-state index in [1.807, 2.05) is 30.3 Å². The predicted molar refractivity (Wildman–Crippen MR) is 140 cm³/mol. The molecular weight excluding hydrogens is 513 g/mol. The molecule has 3 rings (SSSR count). The number of sulfonamides is 1. The van der Waals surface area contributed by atoms with Gasteiger partial charge in [0.25, 0.3) is 15.9 Å². The monoisotopic (exact) mass is 543 g/mol. The Morgan fingerprint density at radius 3 is 2.29 bits per heavy atom. The van der Waals surface area contributed by atoms with E-state index >= 15 is 0 Å². The molecule has 38 heavy (non-hydrogen) atoms. The van der Waals surface area contributed by atoms with Gasteiger partial charge in [-0.25, -0.2) is 12.8 Å². The lowest BCUT2D eigenvalue weighted by atomic mass is 10.1. The average molecular weight is 544 g/mol. The van der Waals surface area contributed by atoms with Crippen molar-refractivity contribution < 1.29 is 32.2 Å². The highest BCUT2D eigenvalue weighted by atomic mass is 32.2. The van der Waals surface area contributed by atoms with Crippen LogP contribution in [0.15, 0.2) is 83.8 Å². The van der Waals surface area contributed by atoms with Gasteiger partial charge in [-0.05, 0) is 67.4 Å². The van der Waals surface area contributed by atoms with Crippen molar-refractivity contribution >= 4 is 27.5 Å². The van der Waals surface area contributed by atoms with Gasteiger partial charge in [-0.2, -0.15) is 0 Å². The molecular formula is C27H30FN3O6S. The second-order valence-corrected chi connectivity index (χ2v) is 10.1. The van der Waals surface area contributed by atoms with E-state index in [0.29, 0.717) is 6.42 Å². The number of hydrogen-bond acceptors (Lipinski definition) is 6. The van der Waals surface area contributed by atoms with E-state index in [0.717, 1.165) is 17.7 Å². The number of nitrogens with zero attached hydrogens (tertiary/aromatic N) is 1. The molecule has 11 heteroatoms. The highest BCUT2D eigenvalue weighted by Crippen LogP contribution is 2.20. The number of carbonyl (C=O) groups is 2. The smallest absolute Gasteiger partial charge is 0.261 e. The van der Waals surface area contributed by atoms with Gasteiger partial charge >= 0.3 is 0 Å². The van der Waals surface area contributed by atoms with Crippen molar-refractivity contribution in [2.45, 2.75) is 30.8 Å². The van der Waals surface area contributed by atoms with Crippen LogP contribution in [0.25, 0.3) is 0 Å². The minimum Gasteiger partial charge on any atom is -0.484 e. The number of benzene rings is 3. The maximum Gasteiger partial charge on any atom is 0.261 e. The molecule has 0 aromatic heterocycles. The molecule has 0 aliphatic heterocycles. The van der Waals surface area contributed by atoms with Crippen molar-refractivity contribution in [2.24, 2.45) is 0 Å². The van der Waals surface area contributed by atoms with Crippen molar-refractivity contribution in [3.05, 3.63) is 90.2 Å². The maximum absolute atomic E-state index is 13.1. The van der Waals surface area contributed by atoms with E-state index in [1.54, 1.807) is 6.92 Å². The van der Waals surface area contributed by atoms with E-state index in [2.05, 4.69) is 10.0 Å². The van der Waals surface area contributed by atoms with Gasteiger partial charge < -0.3 is 20.1 Å². The molecule has 0 aliphatic rings. The number of rotatable bonds is 13. The van der Waals surface area contributed by atoms with Crippen molar-refractivity contribution in [1.82, 2.24) is 10.2 Å². The van der Waals surface area contributed by atoms with Crippen molar-refractivity contribution in [3.63, 3.8) is 0 Å². The van der Waals surface area contributed by atoms with Gasteiger partial charge in [0.05, 0.1) is 4.90 Å². The molecule has 0 radical (unpaired) electrons. The Balaban J connectivity index is 1.65. The fourth-order valence-electron chi connectivity index (χ4n) is 3.48. The molecule has 0 fully saturated rings. The summed E-state index contributed by atoms with van der Waals surface area (Å²) in [5, 5.41) is 11.6. The number of ether oxygens (including phenoxy) is 1. The highest BCUT2D eigenvalue weighted by Gasteiger charge is 2.26. The Bertz CT molecular complexity index is 1300. The van der Waals surface area contributed by atoms with E-state index in [9.17, 15) is 22.4 Å². The minimum atomic E-state index is -3.92. The van der Waals surface area contributed by atoms with Crippen LogP contribution in [0.5, 0.6) is 5.75 Å². The number of amides is 2. The first-order valence-corrected chi connectivity index (χ1v) is 13.4. The van der Waals surface area contributed by atoms with Crippen molar-refractivity contribution in [3.8, 4) is 5.75 Å². The molecule has 0 spiro atoms. The molecule has 9 nitrogen and oxygen atoms in total. The summed E-state index contributed by atoms with van der Waals surface area (Å²) in [7, 11) is -3.92. The van der Waals surface area contributed by atoms with Crippen molar-refractivity contribution in [2.75, 3.05) is 24.5 Å². The quantitative estimate of drug-likeness (QED) is 0.285. The van der Waals surface area contributed by atoms with Crippen LogP contribution in [-0.2, 0) is 26.2 Å².